The number of hydrogen-bond acceptors (Lipinski definition) is 6. The monoisotopic (exact) mass is 347 g/mol. The Hall–Kier alpha value is -3.15. The van der Waals surface area contributed by atoms with Crippen LogP contribution >= 0.6 is 0 Å². The van der Waals surface area contributed by atoms with Gasteiger partial charge < -0.3 is 15.0 Å². The summed E-state index contributed by atoms with van der Waals surface area (Å²) in [4.78, 5) is 6.76. The zero-order chi connectivity index (χ0) is 17.8. The van der Waals surface area contributed by atoms with Crippen molar-refractivity contribution in [1.29, 1.82) is 0 Å². The van der Waals surface area contributed by atoms with Crippen LogP contribution in [-0.4, -0.2) is 35.4 Å². The summed E-state index contributed by atoms with van der Waals surface area (Å²) in [6.45, 7) is 1.63. The van der Waals surface area contributed by atoms with Gasteiger partial charge in [-0.25, -0.2) is 0 Å². The number of anilines is 3. The summed E-state index contributed by atoms with van der Waals surface area (Å²) in [7, 11) is 1.70. The lowest BCUT2D eigenvalue weighted by atomic mass is 10.1. The molecule has 6 nitrogen and oxygen atoms in total. The molecule has 0 spiro atoms. The Morgan fingerprint density at radius 2 is 1.96 bits per heavy atom. The van der Waals surface area contributed by atoms with Crippen LogP contribution in [0.5, 0.6) is 5.75 Å². The predicted octanol–water partition coefficient (Wildman–Crippen LogP) is 3.23. The minimum absolute atomic E-state index is 0.636. The quantitative estimate of drug-likeness (QED) is 0.739. The highest BCUT2D eigenvalue weighted by molar-refractivity contribution is 5.65. The fourth-order valence-electron chi connectivity index (χ4n) is 3.27. The fourth-order valence-corrected chi connectivity index (χ4v) is 3.27. The van der Waals surface area contributed by atoms with Gasteiger partial charge in [-0.15, -0.1) is 5.10 Å². The number of rotatable bonds is 6. The molecular formula is C20H21N5O. The molecule has 0 unspecified atom stereocenters. The Bertz CT molecular complexity index is 899. The van der Waals surface area contributed by atoms with Gasteiger partial charge in [-0.05, 0) is 36.1 Å². The van der Waals surface area contributed by atoms with Gasteiger partial charge in [0.05, 0.1) is 13.3 Å². The lowest BCUT2D eigenvalue weighted by Crippen LogP contribution is -2.18. The maximum absolute atomic E-state index is 5.40. The van der Waals surface area contributed by atoms with Crippen LogP contribution in [0.3, 0.4) is 0 Å². The Balaban J connectivity index is 1.44. The van der Waals surface area contributed by atoms with Gasteiger partial charge >= 0.3 is 0 Å². The summed E-state index contributed by atoms with van der Waals surface area (Å²) in [6.07, 6.45) is 3.51. The molecule has 1 N–H and O–H groups in total. The number of fused-ring (bicyclic) bond motifs is 1. The summed E-state index contributed by atoms with van der Waals surface area (Å²) >= 11 is 0. The Morgan fingerprint density at radius 1 is 1.12 bits per heavy atom. The lowest BCUT2D eigenvalue weighted by Gasteiger charge is -2.17. The maximum atomic E-state index is 5.40. The van der Waals surface area contributed by atoms with E-state index in [-0.39, 0.29) is 0 Å². The molecule has 2 aromatic carbocycles. The van der Waals surface area contributed by atoms with Crippen molar-refractivity contribution >= 4 is 17.5 Å². The Labute approximate surface area is 152 Å². The summed E-state index contributed by atoms with van der Waals surface area (Å²) < 4.78 is 5.40. The summed E-state index contributed by atoms with van der Waals surface area (Å²) in [5, 5.41) is 11.7. The predicted molar refractivity (Wildman–Crippen MR) is 102 cm³/mol. The van der Waals surface area contributed by atoms with Gasteiger partial charge in [0.15, 0.2) is 5.82 Å². The first kappa shape index (κ1) is 16.3. The van der Waals surface area contributed by atoms with Crippen molar-refractivity contribution in [3.63, 3.8) is 0 Å². The first-order valence-corrected chi connectivity index (χ1v) is 8.76. The average molecular weight is 347 g/mol. The molecule has 6 heteroatoms. The molecule has 0 atom stereocenters. The molecule has 2 heterocycles. The highest BCUT2D eigenvalue weighted by Gasteiger charge is 2.22. The van der Waals surface area contributed by atoms with Gasteiger partial charge in [-0.3, -0.25) is 0 Å². The second-order valence-corrected chi connectivity index (χ2v) is 6.16. The lowest BCUT2D eigenvalue weighted by molar-refractivity contribution is 0.410. The standard InChI is InChI=1S/C20H21N5O/c1-26-18-9-5-3-7-16(18)10-12-21-19-14-22-24-20(23-19)25-13-11-15-6-2-4-8-17(15)25/h2-9,14H,10-13H2,1H3,(H,21,23,24). The van der Waals surface area contributed by atoms with Crippen LogP contribution in [0.2, 0.25) is 0 Å². The van der Waals surface area contributed by atoms with Crippen LogP contribution in [-0.2, 0) is 12.8 Å². The molecule has 26 heavy (non-hydrogen) atoms. The number of methoxy groups -OCH3 is 1. The van der Waals surface area contributed by atoms with E-state index in [1.807, 2.05) is 24.3 Å². The molecule has 0 amide bonds. The molecule has 0 saturated heterocycles. The number of ether oxygens (including phenoxy) is 1. The molecule has 0 aliphatic carbocycles. The smallest absolute Gasteiger partial charge is 0.251 e. The fraction of sp³-hybridized carbons (Fsp3) is 0.250. The van der Waals surface area contributed by atoms with E-state index >= 15 is 0 Å². The van der Waals surface area contributed by atoms with Crippen molar-refractivity contribution in [2.75, 3.05) is 30.4 Å². The SMILES string of the molecule is COc1ccccc1CCNc1cnnc(N2CCc3ccccc32)n1. The van der Waals surface area contributed by atoms with E-state index < -0.39 is 0 Å². The molecule has 1 aromatic heterocycles. The third kappa shape index (κ3) is 3.31. The number of benzene rings is 2. The zero-order valence-electron chi connectivity index (χ0n) is 14.7. The molecule has 0 radical (unpaired) electrons. The first-order chi connectivity index (χ1) is 12.8. The van der Waals surface area contributed by atoms with Crippen molar-refractivity contribution in [3.8, 4) is 5.75 Å². The van der Waals surface area contributed by atoms with Gasteiger partial charge in [-0.2, -0.15) is 10.1 Å². The largest absolute Gasteiger partial charge is 0.496 e. The highest BCUT2D eigenvalue weighted by atomic mass is 16.5. The minimum atomic E-state index is 0.636. The third-order valence-electron chi connectivity index (χ3n) is 4.57. The van der Waals surface area contributed by atoms with E-state index in [2.05, 4.69) is 49.7 Å². The van der Waals surface area contributed by atoms with E-state index in [1.54, 1.807) is 13.3 Å². The van der Waals surface area contributed by atoms with Gasteiger partial charge in [0.25, 0.3) is 5.95 Å². The second kappa shape index (κ2) is 7.39. The normalized spacial score (nSPS) is 12.7. The van der Waals surface area contributed by atoms with Gasteiger partial charge in [0.2, 0.25) is 0 Å². The van der Waals surface area contributed by atoms with Crippen LogP contribution < -0.4 is 15.0 Å². The summed E-state index contributed by atoms with van der Waals surface area (Å²) in [6, 6.07) is 16.4. The summed E-state index contributed by atoms with van der Waals surface area (Å²) in [5.74, 6) is 2.27. The Morgan fingerprint density at radius 3 is 2.88 bits per heavy atom. The van der Waals surface area contributed by atoms with Crippen molar-refractivity contribution in [1.82, 2.24) is 15.2 Å². The minimum Gasteiger partial charge on any atom is -0.496 e. The van der Waals surface area contributed by atoms with Crippen LogP contribution in [0.4, 0.5) is 17.5 Å². The number of aromatic nitrogens is 3. The molecule has 4 rings (SSSR count). The van der Waals surface area contributed by atoms with Crippen LogP contribution in [0.15, 0.2) is 54.7 Å². The van der Waals surface area contributed by atoms with E-state index in [0.29, 0.717) is 5.95 Å². The molecule has 3 aromatic rings. The number of para-hydroxylation sites is 2. The van der Waals surface area contributed by atoms with Crippen molar-refractivity contribution < 1.29 is 4.74 Å². The van der Waals surface area contributed by atoms with Crippen molar-refractivity contribution in [2.24, 2.45) is 0 Å². The van der Waals surface area contributed by atoms with E-state index in [4.69, 9.17) is 4.74 Å². The summed E-state index contributed by atoms with van der Waals surface area (Å²) in [5.41, 5.74) is 3.66. The van der Waals surface area contributed by atoms with Gasteiger partial charge in [0.1, 0.15) is 5.75 Å². The highest BCUT2D eigenvalue weighted by Crippen LogP contribution is 2.32. The first-order valence-electron chi connectivity index (χ1n) is 8.76. The van der Waals surface area contributed by atoms with Gasteiger partial charge in [-0.1, -0.05) is 36.4 Å². The molecular weight excluding hydrogens is 326 g/mol. The molecule has 132 valence electrons. The molecule has 1 aliphatic heterocycles. The topological polar surface area (TPSA) is 63.2 Å². The molecule has 0 fully saturated rings. The van der Waals surface area contributed by atoms with E-state index in [0.717, 1.165) is 37.5 Å². The van der Waals surface area contributed by atoms with E-state index in [1.165, 1.54) is 16.8 Å². The van der Waals surface area contributed by atoms with Crippen LogP contribution in [0, 0.1) is 0 Å². The maximum Gasteiger partial charge on any atom is 0.251 e. The van der Waals surface area contributed by atoms with Crippen molar-refractivity contribution in [2.45, 2.75) is 12.8 Å². The number of nitrogens with zero attached hydrogens (tertiary/aromatic N) is 4. The molecule has 0 saturated carbocycles. The van der Waals surface area contributed by atoms with Crippen LogP contribution in [0.1, 0.15) is 11.1 Å². The second-order valence-electron chi connectivity index (χ2n) is 6.16. The van der Waals surface area contributed by atoms with Gasteiger partial charge in [0, 0.05) is 18.8 Å². The number of hydrogen-bond donors (Lipinski definition) is 1. The average Bonchev–Trinajstić information content (AvgIpc) is 3.13. The third-order valence-corrected chi connectivity index (χ3v) is 4.57. The van der Waals surface area contributed by atoms with Crippen LogP contribution in [0.25, 0.3) is 0 Å². The Kier molecular flexibility index (Phi) is 4.64. The van der Waals surface area contributed by atoms with E-state index in [9.17, 15) is 0 Å². The zero-order valence-corrected chi connectivity index (χ0v) is 14.7. The molecule has 1 aliphatic rings. The van der Waals surface area contributed by atoms with Crippen molar-refractivity contribution in [3.05, 3.63) is 65.9 Å². The molecule has 0 bridgehead atoms. The number of nitrogens with one attached hydrogen (secondary N) is 1.